The molecule has 0 saturated heterocycles. The van der Waals surface area contributed by atoms with Crippen molar-refractivity contribution in [2.45, 2.75) is 13.1 Å². The number of nitrogens with zero attached hydrogens (tertiary/aromatic N) is 3. The van der Waals surface area contributed by atoms with Gasteiger partial charge in [0.05, 0.1) is 11.9 Å². The molecule has 4 aromatic rings. The highest BCUT2D eigenvalue weighted by atomic mass is 19.1. The second kappa shape index (κ2) is 9.33. The zero-order valence-corrected chi connectivity index (χ0v) is 18.6. The van der Waals surface area contributed by atoms with E-state index in [-0.39, 0.29) is 48.4 Å². The maximum Gasteiger partial charge on any atom is 0.270 e. The number of phenolic OH excluding ortho intramolecular Hbond substituents is 1. The molecule has 0 aliphatic carbocycles. The van der Waals surface area contributed by atoms with Crippen molar-refractivity contribution in [2.24, 2.45) is 0 Å². The van der Waals surface area contributed by atoms with E-state index in [0.29, 0.717) is 17.0 Å². The summed E-state index contributed by atoms with van der Waals surface area (Å²) in [5, 5.41) is 21.3. The third-order valence-electron chi connectivity index (χ3n) is 5.41. The highest BCUT2D eigenvalue weighted by Gasteiger charge is 2.21. The fourth-order valence-electron chi connectivity index (χ4n) is 3.61. The van der Waals surface area contributed by atoms with Gasteiger partial charge in [-0.05, 0) is 35.4 Å². The van der Waals surface area contributed by atoms with E-state index >= 15 is 0 Å². The summed E-state index contributed by atoms with van der Waals surface area (Å²) < 4.78 is 20.6. The van der Waals surface area contributed by atoms with Gasteiger partial charge in [-0.3, -0.25) is 14.4 Å². The molecule has 3 amide bonds. The van der Waals surface area contributed by atoms with E-state index in [1.165, 1.54) is 18.2 Å². The molecule has 182 valence electrons. The van der Waals surface area contributed by atoms with Gasteiger partial charge >= 0.3 is 0 Å². The smallest absolute Gasteiger partial charge is 0.270 e. The predicted molar refractivity (Wildman–Crippen MR) is 124 cm³/mol. The zero-order valence-electron chi connectivity index (χ0n) is 18.6. The maximum atomic E-state index is 14.3. The number of carbonyl (C=O) groups excluding carboxylic acids is 3. The number of carbonyl (C=O) groups is 3. The van der Waals surface area contributed by atoms with Crippen LogP contribution in [0.25, 0.3) is 5.65 Å². The van der Waals surface area contributed by atoms with Crippen molar-refractivity contribution in [1.29, 1.82) is 0 Å². The molecule has 0 radical (unpaired) electrons. The van der Waals surface area contributed by atoms with Gasteiger partial charge < -0.3 is 25.8 Å². The van der Waals surface area contributed by atoms with Crippen LogP contribution in [0.15, 0.2) is 54.7 Å². The third kappa shape index (κ3) is 4.64. The number of amides is 3. The van der Waals surface area contributed by atoms with Crippen molar-refractivity contribution in [3.05, 3.63) is 83.1 Å². The molecule has 0 atom stereocenters. The lowest BCUT2D eigenvalue weighted by atomic mass is 10.1. The van der Waals surface area contributed by atoms with Crippen LogP contribution in [0.4, 0.5) is 10.1 Å². The van der Waals surface area contributed by atoms with E-state index in [0.717, 1.165) is 16.3 Å². The number of hydrogen-bond acceptors (Lipinski definition) is 7. The molecular formula is C24H19FN6O5. The van der Waals surface area contributed by atoms with Crippen LogP contribution in [-0.2, 0) is 17.9 Å². The number of aromatic nitrogens is 3. The Bertz CT molecular complexity index is 1500. The van der Waals surface area contributed by atoms with Gasteiger partial charge in [-0.15, -0.1) is 0 Å². The lowest BCUT2D eigenvalue weighted by Gasteiger charge is -2.18. The Morgan fingerprint density at radius 3 is 2.58 bits per heavy atom. The number of ether oxygens (including phenoxy) is 1. The summed E-state index contributed by atoms with van der Waals surface area (Å²) in [6, 6.07) is 12.6. The van der Waals surface area contributed by atoms with Crippen molar-refractivity contribution in [3.63, 3.8) is 0 Å². The van der Waals surface area contributed by atoms with Crippen LogP contribution in [-0.4, -0.2) is 44.0 Å². The first-order valence-corrected chi connectivity index (χ1v) is 10.8. The number of rotatable bonds is 6. The summed E-state index contributed by atoms with van der Waals surface area (Å²) in [5.74, 6) is -1.68. The van der Waals surface area contributed by atoms with Gasteiger partial charge in [0.1, 0.15) is 22.9 Å². The molecule has 4 N–H and O–H groups in total. The molecule has 0 spiro atoms. The fourth-order valence-corrected chi connectivity index (χ4v) is 3.61. The number of phenols is 1. The summed E-state index contributed by atoms with van der Waals surface area (Å²) >= 11 is 0. The quantitative estimate of drug-likeness (QED) is 0.322. The normalized spacial score (nSPS) is 12.4. The van der Waals surface area contributed by atoms with E-state index in [1.807, 2.05) is 0 Å². The average Bonchev–Trinajstić information content (AvgIpc) is 3.26. The van der Waals surface area contributed by atoms with E-state index < -0.39 is 17.6 Å². The lowest BCUT2D eigenvalue weighted by molar-refractivity contribution is -0.118. The van der Waals surface area contributed by atoms with Crippen molar-refractivity contribution in [1.82, 2.24) is 25.2 Å². The monoisotopic (exact) mass is 490 g/mol. The van der Waals surface area contributed by atoms with Crippen LogP contribution < -0.4 is 20.7 Å². The summed E-state index contributed by atoms with van der Waals surface area (Å²) in [4.78, 5) is 41.3. The van der Waals surface area contributed by atoms with Crippen molar-refractivity contribution < 1.29 is 28.6 Å². The lowest BCUT2D eigenvalue weighted by Crippen LogP contribution is -2.29. The summed E-state index contributed by atoms with van der Waals surface area (Å²) in [6.45, 7) is 0.152. The van der Waals surface area contributed by atoms with Crippen molar-refractivity contribution >= 4 is 29.1 Å². The third-order valence-corrected chi connectivity index (χ3v) is 5.41. The number of aromatic hydroxyl groups is 1. The summed E-state index contributed by atoms with van der Waals surface area (Å²) in [5.41, 5.74) is 1.37. The fraction of sp³-hybridized carbons (Fsp3) is 0.125. The van der Waals surface area contributed by atoms with Crippen LogP contribution in [0.3, 0.4) is 0 Å². The van der Waals surface area contributed by atoms with Crippen LogP contribution in [0.2, 0.25) is 0 Å². The highest BCUT2D eigenvalue weighted by Crippen LogP contribution is 2.28. The van der Waals surface area contributed by atoms with Crippen molar-refractivity contribution in [2.75, 3.05) is 11.9 Å². The molecule has 0 fully saturated rings. The number of benzene rings is 2. The molecule has 5 rings (SSSR count). The molecule has 2 aromatic carbocycles. The molecule has 0 saturated carbocycles. The molecule has 2 aromatic heterocycles. The van der Waals surface area contributed by atoms with E-state index in [4.69, 9.17) is 4.74 Å². The molecule has 0 unspecified atom stereocenters. The largest absolute Gasteiger partial charge is 0.508 e. The molecule has 1 aliphatic rings. The Labute approximate surface area is 202 Å². The van der Waals surface area contributed by atoms with E-state index in [2.05, 4.69) is 26.0 Å². The number of anilines is 1. The second-order valence-corrected chi connectivity index (χ2v) is 7.95. The van der Waals surface area contributed by atoms with Crippen LogP contribution >= 0.6 is 0 Å². The second-order valence-electron chi connectivity index (χ2n) is 7.95. The minimum absolute atomic E-state index is 0.0623. The molecule has 36 heavy (non-hydrogen) atoms. The zero-order chi connectivity index (χ0) is 25.2. The van der Waals surface area contributed by atoms with Gasteiger partial charge in [-0.1, -0.05) is 18.2 Å². The van der Waals surface area contributed by atoms with Gasteiger partial charge in [0.15, 0.2) is 18.1 Å². The Kier molecular flexibility index (Phi) is 5.90. The average molecular weight is 490 g/mol. The van der Waals surface area contributed by atoms with Gasteiger partial charge in [0.2, 0.25) is 0 Å². The first kappa shape index (κ1) is 22.8. The topological polar surface area (TPSA) is 147 Å². The number of hydrogen-bond donors (Lipinski definition) is 4. The molecule has 12 heteroatoms. The Morgan fingerprint density at radius 1 is 1.06 bits per heavy atom. The highest BCUT2D eigenvalue weighted by molar-refractivity contribution is 5.98. The Balaban J connectivity index is 1.34. The first-order valence-electron chi connectivity index (χ1n) is 10.8. The molecular weight excluding hydrogens is 471 g/mol. The molecule has 3 heterocycles. The van der Waals surface area contributed by atoms with Crippen molar-refractivity contribution in [3.8, 4) is 11.5 Å². The molecule has 1 aliphatic heterocycles. The van der Waals surface area contributed by atoms with E-state index in [9.17, 15) is 23.9 Å². The van der Waals surface area contributed by atoms with Crippen LogP contribution in [0.5, 0.6) is 11.5 Å². The standard InChI is InChI=1S/C24H19FN6O5/c25-16-11-28-31-19(24(35)27-9-13-1-4-15(32)5-2-13)8-18(30-22(16)31)23(34)26-10-14-3-6-20-17(7-14)29-21(33)12-36-20/h1-8,11,32H,9-10,12H2,(H,26,34)(H,27,35)(H,29,33). The number of nitrogens with one attached hydrogen (secondary N) is 3. The Hall–Kier alpha value is -5.00. The first-order chi connectivity index (χ1) is 17.4. The predicted octanol–water partition coefficient (Wildman–Crippen LogP) is 1.76. The summed E-state index contributed by atoms with van der Waals surface area (Å²) in [6.07, 6.45) is 0.907. The Morgan fingerprint density at radius 2 is 1.78 bits per heavy atom. The van der Waals surface area contributed by atoms with Gasteiger partial charge in [-0.2, -0.15) is 5.10 Å². The summed E-state index contributed by atoms with van der Waals surface area (Å²) in [7, 11) is 0. The minimum atomic E-state index is -0.789. The van der Waals surface area contributed by atoms with E-state index in [1.54, 1.807) is 30.3 Å². The van der Waals surface area contributed by atoms with Gasteiger partial charge in [0.25, 0.3) is 17.7 Å². The minimum Gasteiger partial charge on any atom is -0.508 e. The number of halogens is 1. The molecule has 0 bridgehead atoms. The van der Waals surface area contributed by atoms with Crippen LogP contribution in [0, 0.1) is 5.82 Å². The molecule has 11 nitrogen and oxygen atoms in total. The number of fused-ring (bicyclic) bond motifs is 2. The SMILES string of the molecule is O=C1COc2ccc(CNC(=O)c3cc(C(=O)NCc4ccc(O)cc4)n4ncc(F)c4n3)cc2N1. The van der Waals surface area contributed by atoms with Gasteiger partial charge in [0, 0.05) is 19.2 Å². The van der Waals surface area contributed by atoms with Crippen LogP contribution in [0.1, 0.15) is 32.1 Å². The van der Waals surface area contributed by atoms with Gasteiger partial charge in [-0.25, -0.2) is 13.9 Å². The maximum absolute atomic E-state index is 14.3.